The molecule has 2 aromatic carbocycles. The highest BCUT2D eigenvalue weighted by molar-refractivity contribution is 6.30. The van der Waals surface area contributed by atoms with Crippen molar-refractivity contribution in [1.82, 2.24) is 9.66 Å². The Bertz CT molecular complexity index is 1200. The van der Waals surface area contributed by atoms with Crippen LogP contribution >= 0.6 is 11.6 Å². The average molecular weight is 416 g/mol. The first-order valence-corrected chi connectivity index (χ1v) is 9.19. The number of fused-ring (bicyclic) bond motifs is 1. The number of aromatic amines is 1. The lowest BCUT2D eigenvalue weighted by Gasteiger charge is -2.15. The fourth-order valence-electron chi connectivity index (χ4n) is 2.60. The molecule has 1 heterocycles. The molecule has 0 saturated heterocycles. The van der Waals surface area contributed by atoms with Crippen LogP contribution in [-0.4, -0.2) is 34.6 Å². The molecule has 0 fully saturated rings. The van der Waals surface area contributed by atoms with Gasteiger partial charge in [0, 0.05) is 10.6 Å². The summed E-state index contributed by atoms with van der Waals surface area (Å²) in [4.78, 5) is 39.2. The smallest absolute Gasteiger partial charge is 0.349 e. The van der Waals surface area contributed by atoms with Crippen molar-refractivity contribution >= 4 is 34.7 Å². The van der Waals surface area contributed by atoms with E-state index in [2.05, 4.69) is 10.1 Å². The Labute approximate surface area is 170 Å². The number of ether oxygens (including phenoxy) is 2. The number of nitrogens with zero attached hydrogens (tertiary/aromatic N) is 2. The number of para-hydroxylation sites is 1. The second-order valence-corrected chi connectivity index (χ2v) is 6.47. The van der Waals surface area contributed by atoms with Gasteiger partial charge in [-0.05, 0) is 44.2 Å². The predicted octanol–water partition coefficient (Wildman–Crippen LogP) is 2.56. The van der Waals surface area contributed by atoms with Crippen molar-refractivity contribution in [3.63, 3.8) is 0 Å². The fraction of sp³-hybridized carbons (Fsp3) is 0.200. The zero-order chi connectivity index (χ0) is 21.0. The predicted molar refractivity (Wildman–Crippen MR) is 110 cm³/mol. The van der Waals surface area contributed by atoms with Gasteiger partial charge < -0.3 is 14.5 Å². The van der Waals surface area contributed by atoms with E-state index in [0.29, 0.717) is 31.9 Å². The van der Waals surface area contributed by atoms with Gasteiger partial charge in [0.2, 0.25) is 0 Å². The molecule has 0 spiro atoms. The van der Waals surface area contributed by atoms with Crippen LogP contribution in [0.2, 0.25) is 5.02 Å². The number of nitrogens with one attached hydrogen (secondary N) is 1. The lowest BCUT2D eigenvalue weighted by Crippen LogP contribution is -2.32. The molecule has 3 rings (SSSR count). The van der Waals surface area contributed by atoms with E-state index < -0.39 is 23.3 Å². The van der Waals surface area contributed by atoms with Crippen molar-refractivity contribution in [1.29, 1.82) is 0 Å². The first kappa shape index (κ1) is 20.3. The molecular formula is C20H18ClN3O5. The number of carbonyl (C=O) groups excluding carboxylic acids is 1. The molecule has 8 nitrogen and oxygen atoms in total. The quantitative estimate of drug-likeness (QED) is 0.492. The summed E-state index contributed by atoms with van der Waals surface area (Å²) in [5.74, 6) is -0.225. The maximum Gasteiger partial charge on any atom is 0.349 e. The van der Waals surface area contributed by atoms with E-state index in [9.17, 15) is 14.4 Å². The van der Waals surface area contributed by atoms with Gasteiger partial charge in [0.25, 0.3) is 5.56 Å². The number of benzene rings is 2. The number of esters is 1. The summed E-state index contributed by atoms with van der Waals surface area (Å²) in [6.07, 6.45) is 0.403. The largest absolute Gasteiger partial charge is 0.478 e. The molecule has 0 unspecified atom stereocenters. The second-order valence-electron chi connectivity index (χ2n) is 6.03. The van der Waals surface area contributed by atoms with E-state index in [0.717, 1.165) is 0 Å². The van der Waals surface area contributed by atoms with E-state index in [4.69, 9.17) is 21.1 Å². The van der Waals surface area contributed by atoms with Crippen molar-refractivity contribution < 1.29 is 14.3 Å². The first-order chi connectivity index (χ1) is 13.9. The molecular weight excluding hydrogens is 398 g/mol. The minimum absolute atomic E-state index is 0.231. The number of carbonyl (C=O) groups is 1. The van der Waals surface area contributed by atoms with Gasteiger partial charge in [0.05, 0.1) is 23.7 Å². The van der Waals surface area contributed by atoms with Crippen molar-refractivity contribution in [2.75, 3.05) is 6.61 Å². The first-order valence-electron chi connectivity index (χ1n) is 8.82. The van der Waals surface area contributed by atoms with Crippen molar-refractivity contribution in [3.05, 3.63) is 73.9 Å². The Morgan fingerprint density at radius 1 is 1.28 bits per heavy atom. The third-order valence-corrected chi connectivity index (χ3v) is 4.23. The topological polar surface area (TPSA) is 103 Å². The van der Waals surface area contributed by atoms with Gasteiger partial charge in [0.1, 0.15) is 5.75 Å². The van der Waals surface area contributed by atoms with Crippen LogP contribution in [0.4, 0.5) is 0 Å². The van der Waals surface area contributed by atoms with Crippen LogP contribution in [-0.2, 0) is 9.53 Å². The average Bonchev–Trinajstić information content (AvgIpc) is 2.69. The molecule has 0 aliphatic heterocycles. The molecule has 0 aliphatic rings. The van der Waals surface area contributed by atoms with E-state index in [1.807, 2.05) is 0 Å². The standard InChI is InChI=1S/C20H18ClN3O5/c1-3-28-19(26)12(2)29-17-9-8-14(21)10-13(17)11-22-24-18(25)15-6-4-5-7-16(15)23-20(24)27/h4-12H,3H2,1-2H3,(H,23,27)/t12-/m0/s1. The molecule has 0 bridgehead atoms. The minimum atomic E-state index is -0.866. The molecule has 0 saturated carbocycles. The zero-order valence-electron chi connectivity index (χ0n) is 15.7. The van der Waals surface area contributed by atoms with Crippen molar-refractivity contribution in [2.24, 2.45) is 5.10 Å². The van der Waals surface area contributed by atoms with Gasteiger partial charge in [-0.25, -0.2) is 9.59 Å². The van der Waals surface area contributed by atoms with E-state index >= 15 is 0 Å². The molecule has 29 heavy (non-hydrogen) atoms. The number of rotatable bonds is 6. The summed E-state index contributed by atoms with van der Waals surface area (Å²) < 4.78 is 11.3. The third kappa shape index (κ3) is 4.55. The Morgan fingerprint density at radius 3 is 2.79 bits per heavy atom. The van der Waals surface area contributed by atoms with Gasteiger partial charge in [-0.15, -0.1) is 4.68 Å². The lowest BCUT2D eigenvalue weighted by atomic mass is 10.2. The lowest BCUT2D eigenvalue weighted by molar-refractivity contribution is -0.150. The molecule has 1 N–H and O–H groups in total. The number of halogens is 1. The van der Waals surface area contributed by atoms with Gasteiger partial charge in [0.15, 0.2) is 6.10 Å². The van der Waals surface area contributed by atoms with Gasteiger partial charge in [-0.2, -0.15) is 5.10 Å². The van der Waals surface area contributed by atoms with Crippen molar-refractivity contribution in [3.8, 4) is 5.75 Å². The Morgan fingerprint density at radius 2 is 2.03 bits per heavy atom. The Balaban J connectivity index is 1.98. The summed E-state index contributed by atoms with van der Waals surface area (Å²) in [6, 6.07) is 11.3. The molecule has 0 radical (unpaired) electrons. The highest BCUT2D eigenvalue weighted by atomic mass is 35.5. The van der Waals surface area contributed by atoms with E-state index in [-0.39, 0.29) is 6.61 Å². The number of H-pyrrole nitrogens is 1. The maximum absolute atomic E-state index is 12.6. The van der Waals surface area contributed by atoms with Gasteiger partial charge in [-0.1, -0.05) is 23.7 Å². The molecule has 150 valence electrons. The SMILES string of the molecule is CCOC(=O)[C@H](C)Oc1ccc(Cl)cc1C=Nn1c(=O)[nH]c2ccccc2c1=O. The van der Waals surface area contributed by atoms with Crippen LogP contribution in [0.25, 0.3) is 10.9 Å². The molecule has 0 amide bonds. The zero-order valence-corrected chi connectivity index (χ0v) is 16.5. The van der Waals surface area contributed by atoms with Crippen LogP contribution in [0, 0.1) is 0 Å². The highest BCUT2D eigenvalue weighted by Gasteiger charge is 2.17. The normalized spacial score (nSPS) is 12.2. The van der Waals surface area contributed by atoms with Crippen LogP contribution in [0.3, 0.4) is 0 Å². The molecule has 1 aromatic heterocycles. The monoisotopic (exact) mass is 415 g/mol. The number of hydrogen-bond acceptors (Lipinski definition) is 6. The summed E-state index contributed by atoms with van der Waals surface area (Å²) >= 11 is 6.04. The van der Waals surface area contributed by atoms with E-state index in [1.165, 1.54) is 6.21 Å². The molecule has 3 aromatic rings. The second kappa shape index (κ2) is 8.74. The summed E-state index contributed by atoms with van der Waals surface area (Å²) in [5.41, 5.74) is -0.448. The minimum Gasteiger partial charge on any atom is -0.478 e. The molecule has 9 heteroatoms. The van der Waals surface area contributed by atoms with Crippen LogP contribution in [0.1, 0.15) is 19.4 Å². The number of aromatic nitrogens is 2. The highest BCUT2D eigenvalue weighted by Crippen LogP contribution is 2.23. The molecule has 1 atom stereocenters. The third-order valence-electron chi connectivity index (χ3n) is 3.99. The van der Waals surface area contributed by atoms with Crippen molar-refractivity contribution in [2.45, 2.75) is 20.0 Å². The summed E-state index contributed by atoms with van der Waals surface area (Å²) in [6.45, 7) is 3.48. The van der Waals surface area contributed by atoms with Crippen LogP contribution < -0.4 is 16.0 Å². The van der Waals surface area contributed by atoms with Crippen LogP contribution in [0.15, 0.2) is 57.2 Å². The number of hydrogen-bond donors (Lipinski definition) is 1. The summed E-state index contributed by atoms with van der Waals surface area (Å²) in [7, 11) is 0. The van der Waals surface area contributed by atoms with Crippen LogP contribution in [0.5, 0.6) is 5.75 Å². The van der Waals surface area contributed by atoms with E-state index in [1.54, 1.807) is 56.3 Å². The van der Waals surface area contributed by atoms with Gasteiger partial charge in [-0.3, -0.25) is 4.79 Å². The maximum atomic E-state index is 12.6. The fourth-order valence-corrected chi connectivity index (χ4v) is 2.78. The van der Waals surface area contributed by atoms with Gasteiger partial charge >= 0.3 is 11.7 Å². The Hall–Kier alpha value is -3.39. The molecule has 0 aliphatic carbocycles. The Kier molecular flexibility index (Phi) is 6.13. The summed E-state index contributed by atoms with van der Waals surface area (Å²) in [5, 5.41) is 4.71.